The summed E-state index contributed by atoms with van der Waals surface area (Å²) in [5.74, 6) is 1.05. The first-order chi connectivity index (χ1) is 10.5. The molecule has 1 aromatic heterocycles. The second kappa shape index (κ2) is 6.44. The topological polar surface area (TPSA) is 101 Å². The SMILES string of the molecule is COc1ccc(N=C(C)c2c(O)sc(=O)[nH]c2=O)cc1OC. The van der Waals surface area contributed by atoms with Gasteiger partial charge in [0.2, 0.25) is 0 Å². The maximum atomic E-state index is 11.8. The normalized spacial score (nSPS) is 11.3. The number of H-pyrrole nitrogens is 1. The predicted octanol–water partition coefficient (Wildman–Crippen LogP) is 1.66. The smallest absolute Gasteiger partial charge is 0.310 e. The van der Waals surface area contributed by atoms with Crippen LogP contribution in [0.3, 0.4) is 0 Å². The van der Waals surface area contributed by atoms with Crippen molar-refractivity contribution in [3.05, 3.63) is 43.8 Å². The van der Waals surface area contributed by atoms with E-state index in [1.165, 1.54) is 14.2 Å². The van der Waals surface area contributed by atoms with Crippen molar-refractivity contribution in [1.29, 1.82) is 0 Å². The van der Waals surface area contributed by atoms with Gasteiger partial charge in [-0.05, 0) is 30.4 Å². The van der Waals surface area contributed by atoms with Crippen LogP contribution in [0.5, 0.6) is 16.6 Å². The Kier molecular flexibility index (Phi) is 4.62. The summed E-state index contributed by atoms with van der Waals surface area (Å²) in [6.07, 6.45) is 0. The van der Waals surface area contributed by atoms with Crippen LogP contribution in [0.25, 0.3) is 0 Å². The minimum absolute atomic E-state index is 0.0283. The lowest BCUT2D eigenvalue weighted by Gasteiger charge is -2.08. The van der Waals surface area contributed by atoms with Gasteiger partial charge in [-0.2, -0.15) is 0 Å². The van der Waals surface area contributed by atoms with E-state index in [0.29, 0.717) is 28.5 Å². The zero-order valence-electron chi connectivity index (χ0n) is 12.2. The van der Waals surface area contributed by atoms with Crippen LogP contribution < -0.4 is 19.9 Å². The quantitative estimate of drug-likeness (QED) is 0.834. The lowest BCUT2D eigenvalue weighted by molar-refractivity contribution is 0.355. The van der Waals surface area contributed by atoms with Gasteiger partial charge in [0.25, 0.3) is 5.56 Å². The Labute approximate surface area is 129 Å². The largest absolute Gasteiger partial charge is 0.499 e. The zero-order valence-corrected chi connectivity index (χ0v) is 13.0. The number of ether oxygens (including phenoxy) is 2. The van der Waals surface area contributed by atoms with Crippen molar-refractivity contribution in [1.82, 2.24) is 4.98 Å². The van der Waals surface area contributed by atoms with Crippen LogP contribution in [0.1, 0.15) is 12.5 Å². The molecule has 22 heavy (non-hydrogen) atoms. The second-order valence-corrected chi connectivity index (χ2v) is 5.22. The van der Waals surface area contributed by atoms with Gasteiger partial charge in [0.05, 0.1) is 25.6 Å². The number of benzene rings is 1. The van der Waals surface area contributed by atoms with E-state index in [2.05, 4.69) is 9.98 Å². The molecule has 0 aliphatic heterocycles. The van der Waals surface area contributed by atoms with E-state index >= 15 is 0 Å². The summed E-state index contributed by atoms with van der Waals surface area (Å²) < 4.78 is 10.3. The molecule has 2 N–H and O–H groups in total. The maximum absolute atomic E-state index is 11.8. The Hall–Kier alpha value is -2.61. The summed E-state index contributed by atoms with van der Waals surface area (Å²) in [5.41, 5.74) is 0.0923. The Morgan fingerprint density at radius 3 is 2.50 bits per heavy atom. The fourth-order valence-electron chi connectivity index (χ4n) is 1.88. The number of aromatic nitrogens is 1. The molecule has 0 bridgehead atoms. The van der Waals surface area contributed by atoms with Gasteiger partial charge in [-0.15, -0.1) is 0 Å². The fraction of sp³-hybridized carbons (Fsp3) is 0.214. The average Bonchev–Trinajstić information content (AvgIpc) is 2.45. The van der Waals surface area contributed by atoms with Gasteiger partial charge in [-0.3, -0.25) is 19.6 Å². The molecule has 0 saturated carbocycles. The molecule has 0 radical (unpaired) electrons. The van der Waals surface area contributed by atoms with Gasteiger partial charge in [0.1, 0.15) is 5.56 Å². The number of aromatic hydroxyl groups is 1. The molecule has 116 valence electrons. The van der Waals surface area contributed by atoms with Crippen LogP contribution in [0.4, 0.5) is 5.69 Å². The van der Waals surface area contributed by atoms with Crippen LogP contribution in [-0.2, 0) is 0 Å². The van der Waals surface area contributed by atoms with E-state index in [9.17, 15) is 14.7 Å². The third-order valence-electron chi connectivity index (χ3n) is 2.87. The molecule has 0 saturated heterocycles. The predicted molar refractivity (Wildman–Crippen MR) is 84.3 cm³/mol. The molecule has 0 unspecified atom stereocenters. The van der Waals surface area contributed by atoms with Crippen LogP contribution in [0, 0.1) is 0 Å². The van der Waals surface area contributed by atoms with Crippen LogP contribution in [0.2, 0.25) is 0 Å². The second-order valence-electron chi connectivity index (χ2n) is 4.26. The molecule has 1 heterocycles. The van der Waals surface area contributed by atoms with Gasteiger partial charge >= 0.3 is 4.87 Å². The molecule has 0 aliphatic carbocycles. The van der Waals surface area contributed by atoms with E-state index in [0.717, 1.165) is 0 Å². The molecule has 8 heteroatoms. The van der Waals surface area contributed by atoms with E-state index in [-0.39, 0.29) is 16.3 Å². The van der Waals surface area contributed by atoms with Gasteiger partial charge < -0.3 is 14.6 Å². The summed E-state index contributed by atoms with van der Waals surface area (Å²) in [5, 5.41) is 9.41. The lowest BCUT2D eigenvalue weighted by atomic mass is 10.2. The van der Waals surface area contributed by atoms with Gasteiger partial charge in [0, 0.05) is 6.07 Å². The minimum atomic E-state index is -0.678. The summed E-state index contributed by atoms with van der Waals surface area (Å²) >= 11 is 0.545. The molecule has 0 amide bonds. The first kappa shape index (κ1) is 15.8. The van der Waals surface area contributed by atoms with Gasteiger partial charge in [0.15, 0.2) is 16.6 Å². The number of nitrogens with zero attached hydrogens (tertiary/aromatic N) is 1. The number of aromatic amines is 1. The van der Waals surface area contributed by atoms with Crippen molar-refractivity contribution in [2.75, 3.05) is 14.2 Å². The molecular formula is C14H14N2O5S. The lowest BCUT2D eigenvalue weighted by Crippen LogP contribution is -2.22. The number of rotatable bonds is 4. The van der Waals surface area contributed by atoms with Gasteiger partial charge in [-0.25, -0.2) is 0 Å². The van der Waals surface area contributed by atoms with E-state index < -0.39 is 10.4 Å². The number of aliphatic imine (C=N–C) groups is 1. The van der Waals surface area contributed by atoms with Crippen molar-refractivity contribution in [2.45, 2.75) is 6.92 Å². The number of nitrogens with one attached hydrogen (secondary N) is 1. The van der Waals surface area contributed by atoms with Crippen molar-refractivity contribution in [2.24, 2.45) is 4.99 Å². The molecule has 2 rings (SSSR count). The molecule has 0 fully saturated rings. The molecular weight excluding hydrogens is 308 g/mol. The van der Waals surface area contributed by atoms with Crippen LogP contribution >= 0.6 is 11.3 Å². The standard InChI is InChI=1S/C14H14N2O5S/c1-7(11-12(17)16-14(19)22-13(11)18)15-8-4-5-9(20-2)10(6-8)21-3/h4-6,18H,1-3H3,(H,16,17,19). The van der Waals surface area contributed by atoms with Crippen LogP contribution in [0.15, 0.2) is 32.8 Å². The van der Waals surface area contributed by atoms with E-state index in [1.54, 1.807) is 25.1 Å². The molecule has 7 nitrogen and oxygen atoms in total. The zero-order chi connectivity index (χ0) is 16.3. The Balaban J connectivity index is 2.50. The highest BCUT2D eigenvalue weighted by molar-refractivity contribution is 7.11. The fourth-order valence-corrected chi connectivity index (χ4v) is 2.54. The molecule has 0 atom stereocenters. The highest BCUT2D eigenvalue weighted by Gasteiger charge is 2.13. The third kappa shape index (κ3) is 3.17. The molecule has 1 aromatic carbocycles. The Bertz CT molecular complexity index is 838. The van der Waals surface area contributed by atoms with Crippen LogP contribution in [-0.4, -0.2) is 30.0 Å². The first-order valence-electron chi connectivity index (χ1n) is 6.20. The average molecular weight is 322 g/mol. The maximum Gasteiger partial charge on any atom is 0.310 e. The summed E-state index contributed by atoms with van der Waals surface area (Å²) in [6, 6.07) is 5.00. The summed E-state index contributed by atoms with van der Waals surface area (Å²) in [7, 11) is 3.03. The number of hydrogen-bond acceptors (Lipinski definition) is 7. The van der Waals surface area contributed by atoms with Crippen molar-refractivity contribution >= 4 is 22.7 Å². The highest BCUT2D eigenvalue weighted by atomic mass is 32.1. The Morgan fingerprint density at radius 2 is 1.91 bits per heavy atom. The highest BCUT2D eigenvalue weighted by Crippen LogP contribution is 2.31. The molecule has 0 spiro atoms. The monoisotopic (exact) mass is 322 g/mol. The first-order valence-corrected chi connectivity index (χ1v) is 7.02. The minimum Gasteiger partial charge on any atom is -0.499 e. The van der Waals surface area contributed by atoms with Gasteiger partial charge in [-0.1, -0.05) is 0 Å². The van der Waals surface area contributed by atoms with E-state index in [4.69, 9.17) is 9.47 Å². The Morgan fingerprint density at radius 1 is 1.23 bits per heavy atom. The van der Waals surface area contributed by atoms with E-state index in [1.807, 2.05) is 0 Å². The third-order valence-corrected chi connectivity index (χ3v) is 3.56. The van der Waals surface area contributed by atoms with Crippen molar-refractivity contribution < 1.29 is 14.6 Å². The summed E-state index contributed by atoms with van der Waals surface area (Å²) in [6.45, 7) is 1.57. The number of methoxy groups -OCH3 is 2. The van der Waals surface area contributed by atoms with Crippen molar-refractivity contribution in [3.63, 3.8) is 0 Å². The molecule has 0 aliphatic rings. The van der Waals surface area contributed by atoms with Crippen molar-refractivity contribution in [3.8, 4) is 16.6 Å². The summed E-state index contributed by atoms with van der Waals surface area (Å²) in [4.78, 5) is 28.7. The molecule has 2 aromatic rings. The number of hydrogen-bond donors (Lipinski definition) is 2.